The van der Waals surface area contributed by atoms with Gasteiger partial charge < -0.3 is 0 Å². The maximum Gasteiger partial charge on any atom is 0.152 e. The van der Waals surface area contributed by atoms with E-state index in [1.807, 2.05) is 30.3 Å². The lowest BCUT2D eigenvalue weighted by molar-refractivity contribution is 1.03. The summed E-state index contributed by atoms with van der Waals surface area (Å²) in [7, 11) is 0. The molecule has 0 bridgehead atoms. The number of hydrogen-bond donors (Lipinski definition) is 0. The maximum absolute atomic E-state index is 5.70. The first-order chi connectivity index (χ1) is 6.77. The Balaban J connectivity index is 2.53. The third-order valence-corrected chi connectivity index (χ3v) is 2.55. The minimum atomic E-state index is 0.386. The van der Waals surface area contributed by atoms with Gasteiger partial charge in [0.25, 0.3) is 0 Å². The molecule has 0 aliphatic rings. The van der Waals surface area contributed by atoms with E-state index in [4.69, 9.17) is 11.6 Å². The van der Waals surface area contributed by atoms with E-state index in [1.165, 1.54) is 0 Å². The molecular formula is C10H6BrClN2. The van der Waals surface area contributed by atoms with Crippen LogP contribution in [0.25, 0.3) is 11.3 Å². The Labute approximate surface area is 95.1 Å². The van der Waals surface area contributed by atoms with Crippen molar-refractivity contribution in [2.24, 2.45) is 0 Å². The summed E-state index contributed by atoms with van der Waals surface area (Å²) in [6.07, 6.45) is 0. The molecule has 0 unspecified atom stereocenters. The molecule has 0 spiro atoms. The van der Waals surface area contributed by atoms with Crippen LogP contribution in [0.2, 0.25) is 5.15 Å². The zero-order chi connectivity index (χ0) is 9.97. The lowest BCUT2D eigenvalue weighted by Gasteiger charge is -2.01. The van der Waals surface area contributed by atoms with Crippen molar-refractivity contribution in [2.75, 3.05) is 0 Å². The molecule has 14 heavy (non-hydrogen) atoms. The maximum atomic E-state index is 5.70. The third kappa shape index (κ3) is 1.94. The zero-order valence-electron chi connectivity index (χ0n) is 7.11. The fourth-order valence-electron chi connectivity index (χ4n) is 1.14. The van der Waals surface area contributed by atoms with Crippen LogP contribution in [0, 0.1) is 0 Å². The molecule has 2 rings (SSSR count). The molecule has 70 valence electrons. The first-order valence-corrected chi connectivity index (χ1v) is 5.18. The Morgan fingerprint density at radius 2 is 1.79 bits per heavy atom. The summed E-state index contributed by atoms with van der Waals surface area (Å²) in [5.74, 6) is 0. The van der Waals surface area contributed by atoms with E-state index < -0.39 is 0 Å². The van der Waals surface area contributed by atoms with Crippen LogP contribution < -0.4 is 0 Å². The highest BCUT2D eigenvalue weighted by molar-refractivity contribution is 9.10. The van der Waals surface area contributed by atoms with Crippen molar-refractivity contribution in [1.82, 2.24) is 10.2 Å². The van der Waals surface area contributed by atoms with Gasteiger partial charge in [-0.05, 0) is 22.0 Å². The molecule has 2 nitrogen and oxygen atoms in total. The minimum absolute atomic E-state index is 0.386. The van der Waals surface area contributed by atoms with Gasteiger partial charge in [0.2, 0.25) is 0 Å². The summed E-state index contributed by atoms with van der Waals surface area (Å²) in [5.41, 5.74) is 1.82. The lowest BCUT2D eigenvalue weighted by Crippen LogP contribution is -1.89. The van der Waals surface area contributed by atoms with E-state index in [9.17, 15) is 0 Å². The molecule has 0 aliphatic heterocycles. The molecular weight excluding hydrogens is 263 g/mol. The highest BCUT2D eigenvalue weighted by Crippen LogP contribution is 2.26. The molecule has 1 heterocycles. The molecule has 0 saturated heterocycles. The molecule has 0 N–H and O–H groups in total. The number of hydrogen-bond acceptors (Lipinski definition) is 2. The van der Waals surface area contributed by atoms with Crippen LogP contribution in [0.4, 0.5) is 0 Å². The molecule has 0 atom stereocenters. The number of benzene rings is 1. The molecule has 0 aliphatic carbocycles. The minimum Gasteiger partial charge on any atom is -0.148 e. The van der Waals surface area contributed by atoms with E-state index in [1.54, 1.807) is 6.07 Å². The summed E-state index contributed by atoms with van der Waals surface area (Å²) >= 11 is 9.10. The Hall–Kier alpha value is -0.930. The zero-order valence-corrected chi connectivity index (χ0v) is 9.46. The van der Waals surface area contributed by atoms with E-state index in [-0.39, 0.29) is 0 Å². The van der Waals surface area contributed by atoms with Crippen molar-refractivity contribution in [2.45, 2.75) is 0 Å². The van der Waals surface area contributed by atoms with Gasteiger partial charge >= 0.3 is 0 Å². The predicted molar refractivity (Wildman–Crippen MR) is 60.2 cm³/mol. The first kappa shape index (κ1) is 9.62. The van der Waals surface area contributed by atoms with E-state index in [0.29, 0.717) is 5.15 Å². The second-order valence-corrected chi connectivity index (χ2v) is 3.97. The van der Waals surface area contributed by atoms with E-state index in [0.717, 1.165) is 15.7 Å². The second-order valence-electron chi connectivity index (χ2n) is 2.73. The third-order valence-electron chi connectivity index (χ3n) is 1.76. The first-order valence-electron chi connectivity index (χ1n) is 4.01. The topological polar surface area (TPSA) is 25.8 Å². The van der Waals surface area contributed by atoms with Gasteiger partial charge in [-0.15, -0.1) is 10.2 Å². The van der Waals surface area contributed by atoms with Crippen LogP contribution in [-0.2, 0) is 0 Å². The monoisotopic (exact) mass is 268 g/mol. The number of nitrogens with zero attached hydrogens (tertiary/aromatic N) is 2. The van der Waals surface area contributed by atoms with Crippen molar-refractivity contribution in [3.05, 3.63) is 46.0 Å². The van der Waals surface area contributed by atoms with Gasteiger partial charge in [0, 0.05) is 10.0 Å². The quantitative estimate of drug-likeness (QED) is 0.791. The van der Waals surface area contributed by atoms with Crippen LogP contribution in [0.5, 0.6) is 0 Å². The van der Waals surface area contributed by atoms with Gasteiger partial charge in [-0.3, -0.25) is 0 Å². The van der Waals surface area contributed by atoms with Crippen molar-refractivity contribution in [1.29, 1.82) is 0 Å². The van der Waals surface area contributed by atoms with Gasteiger partial charge in [-0.25, -0.2) is 0 Å². The molecule has 0 amide bonds. The van der Waals surface area contributed by atoms with Crippen LogP contribution in [0.1, 0.15) is 0 Å². The lowest BCUT2D eigenvalue weighted by atomic mass is 10.1. The van der Waals surface area contributed by atoms with Crippen LogP contribution in [0.3, 0.4) is 0 Å². The largest absolute Gasteiger partial charge is 0.152 e. The van der Waals surface area contributed by atoms with Crippen molar-refractivity contribution in [3.63, 3.8) is 0 Å². The van der Waals surface area contributed by atoms with E-state index >= 15 is 0 Å². The smallest absolute Gasteiger partial charge is 0.148 e. The molecule has 4 heteroatoms. The predicted octanol–water partition coefficient (Wildman–Crippen LogP) is 3.56. The van der Waals surface area contributed by atoms with Crippen molar-refractivity contribution >= 4 is 27.5 Å². The van der Waals surface area contributed by atoms with Gasteiger partial charge in [0.15, 0.2) is 5.15 Å². The van der Waals surface area contributed by atoms with Crippen LogP contribution in [0.15, 0.2) is 40.9 Å². The molecule has 0 radical (unpaired) electrons. The van der Waals surface area contributed by atoms with Crippen LogP contribution >= 0.6 is 27.5 Å². The average molecular weight is 270 g/mol. The molecule has 0 saturated carbocycles. The van der Waals surface area contributed by atoms with Gasteiger partial charge in [0.1, 0.15) is 5.69 Å². The molecule has 1 aromatic carbocycles. The Bertz CT molecular complexity index is 445. The Morgan fingerprint density at radius 3 is 2.43 bits per heavy atom. The normalized spacial score (nSPS) is 10.1. The number of halogens is 2. The molecule has 1 aromatic heterocycles. The highest BCUT2D eigenvalue weighted by Gasteiger charge is 2.05. The van der Waals surface area contributed by atoms with Crippen LogP contribution in [-0.4, -0.2) is 10.2 Å². The summed E-state index contributed by atoms with van der Waals surface area (Å²) in [4.78, 5) is 0. The summed E-state index contributed by atoms with van der Waals surface area (Å²) in [6.45, 7) is 0. The SMILES string of the molecule is Clc1cc(Br)c(-c2ccccc2)nn1. The Morgan fingerprint density at radius 1 is 1.07 bits per heavy atom. The Kier molecular flexibility index (Phi) is 2.79. The second kappa shape index (κ2) is 4.07. The fourth-order valence-corrected chi connectivity index (χ4v) is 1.94. The van der Waals surface area contributed by atoms with E-state index in [2.05, 4.69) is 26.1 Å². The summed E-state index contributed by atoms with van der Waals surface area (Å²) < 4.78 is 0.851. The highest BCUT2D eigenvalue weighted by atomic mass is 79.9. The van der Waals surface area contributed by atoms with Gasteiger partial charge in [-0.1, -0.05) is 41.9 Å². The van der Waals surface area contributed by atoms with Crippen molar-refractivity contribution < 1.29 is 0 Å². The molecule has 2 aromatic rings. The average Bonchev–Trinajstić information content (AvgIpc) is 2.19. The summed E-state index contributed by atoms with van der Waals surface area (Å²) in [6, 6.07) is 11.6. The summed E-state index contributed by atoms with van der Waals surface area (Å²) in [5, 5.41) is 8.21. The number of rotatable bonds is 1. The molecule has 0 fully saturated rings. The number of aromatic nitrogens is 2. The van der Waals surface area contributed by atoms with Gasteiger partial charge in [-0.2, -0.15) is 0 Å². The van der Waals surface area contributed by atoms with Gasteiger partial charge in [0.05, 0.1) is 0 Å². The fraction of sp³-hybridized carbons (Fsp3) is 0. The standard InChI is InChI=1S/C10H6BrClN2/c11-8-6-9(12)13-14-10(8)7-4-2-1-3-5-7/h1-6H. The van der Waals surface area contributed by atoms with Crippen molar-refractivity contribution in [3.8, 4) is 11.3 Å².